The molecule has 0 radical (unpaired) electrons. The molecule has 1 N–H and O–H groups in total. The van der Waals surface area contributed by atoms with Crippen LogP contribution < -0.4 is 5.32 Å². The fourth-order valence-electron chi connectivity index (χ4n) is 3.67. The fourth-order valence-corrected chi connectivity index (χ4v) is 4.99. The quantitative estimate of drug-likeness (QED) is 0.828. The molecule has 0 spiro atoms. The highest BCUT2D eigenvalue weighted by Gasteiger charge is 2.25. The molecule has 0 saturated carbocycles. The molecule has 1 atom stereocenters. The predicted octanol–water partition coefficient (Wildman–Crippen LogP) is 3.25. The molecule has 0 saturated heterocycles. The van der Waals surface area contributed by atoms with Crippen molar-refractivity contribution >= 4 is 22.2 Å². The van der Waals surface area contributed by atoms with E-state index in [1.165, 1.54) is 11.3 Å². The number of aryl methyl sites for hydroxylation is 1. The number of fused-ring (bicyclic) bond motifs is 1. The van der Waals surface area contributed by atoms with E-state index in [0.717, 1.165) is 41.1 Å². The first-order valence-corrected chi connectivity index (χ1v) is 10.2. The summed E-state index contributed by atoms with van der Waals surface area (Å²) in [5.74, 6) is 0.612. The Kier molecular flexibility index (Phi) is 5.98. The summed E-state index contributed by atoms with van der Waals surface area (Å²) in [7, 11) is 3.83. The second-order valence-electron chi connectivity index (χ2n) is 7.44. The molecule has 0 bridgehead atoms. The minimum absolute atomic E-state index is 0.0822. The molecule has 0 aromatic carbocycles. The van der Waals surface area contributed by atoms with Gasteiger partial charge in [-0.05, 0) is 44.7 Å². The molecule has 144 valence electrons. The summed E-state index contributed by atoms with van der Waals surface area (Å²) in [5.41, 5.74) is 4.04. The van der Waals surface area contributed by atoms with E-state index in [1.54, 1.807) is 11.3 Å². The Balaban J connectivity index is 1.65. The maximum absolute atomic E-state index is 12.5. The van der Waals surface area contributed by atoms with Gasteiger partial charge in [0, 0.05) is 29.7 Å². The van der Waals surface area contributed by atoms with Crippen LogP contribution in [0.1, 0.15) is 47.0 Å². The van der Waals surface area contributed by atoms with E-state index in [9.17, 15) is 10.1 Å². The molecule has 2 heterocycles. The third-order valence-electron chi connectivity index (χ3n) is 5.50. The number of thiophene rings is 1. The van der Waals surface area contributed by atoms with E-state index in [0.29, 0.717) is 18.0 Å². The lowest BCUT2D eigenvalue weighted by Gasteiger charge is -2.20. The normalized spacial score (nSPS) is 16.2. The summed E-state index contributed by atoms with van der Waals surface area (Å²) in [6, 6.07) is 2.32. The Bertz CT molecular complexity index is 876. The molecule has 6 nitrogen and oxygen atoms in total. The molecule has 1 amide bonds. The van der Waals surface area contributed by atoms with Gasteiger partial charge in [-0.1, -0.05) is 13.3 Å². The van der Waals surface area contributed by atoms with Gasteiger partial charge < -0.3 is 5.32 Å². The Morgan fingerprint density at radius 2 is 2.33 bits per heavy atom. The number of nitrogens with one attached hydrogen (secondary N) is 1. The molecule has 0 aliphatic heterocycles. The number of nitriles is 1. The second-order valence-corrected chi connectivity index (χ2v) is 8.54. The molecule has 1 unspecified atom stereocenters. The Morgan fingerprint density at radius 1 is 1.56 bits per heavy atom. The van der Waals surface area contributed by atoms with Crippen LogP contribution in [0.2, 0.25) is 0 Å². The highest BCUT2D eigenvalue weighted by molar-refractivity contribution is 7.16. The van der Waals surface area contributed by atoms with Gasteiger partial charge in [-0.2, -0.15) is 10.4 Å². The van der Waals surface area contributed by atoms with Crippen molar-refractivity contribution in [1.82, 2.24) is 14.7 Å². The smallest absolute Gasteiger partial charge is 0.239 e. The molecule has 2 aromatic heterocycles. The van der Waals surface area contributed by atoms with Gasteiger partial charge in [0.05, 0.1) is 18.3 Å². The predicted molar refractivity (Wildman–Crippen MR) is 108 cm³/mol. The van der Waals surface area contributed by atoms with Crippen molar-refractivity contribution in [3.63, 3.8) is 0 Å². The lowest BCUT2D eigenvalue weighted by Crippen LogP contribution is -2.30. The zero-order valence-corrected chi connectivity index (χ0v) is 17.3. The van der Waals surface area contributed by atoms with Crippen LogP contribution in [0.25, 0.3) is 0 Å². The molecular weight excluding hydrogens is 358 g/mol. The van der Waals surface area contributed by atoms with Crippen molar-refractivity contribution in [3.8, 4) is 6.07 Å². The first-order valence-electron chi connectivity index (χ1n) is 9.43. The third-order valence-corrected chi connectivity index (χ3v) is 6.67. The van der Waals surface area contributed by atoms with E-state index in [4.69, 9.17) is 0 Å². The zero-order valence-electron chi connectivity index (χ0n) is 16.5. The van der Waals surface area contributed by atoms with Crippen molar-refractivity contribution in [1.29, 1.82) is 5.26 Å². The first-order chi connectivity index (χ1) is 12.9. The number of carbonyl (C=O) groups is 1. The van der Waals surface area contributed by atoms with Crippen LogP contribution in [0.5, 0.6) is 0 Å². The molecule has 27 heavy (non-hydrogen) atoms. The van der Waals surface area contributed by atoms with E-state index >= 15 is 0 Å². The molecular formula is C20H27N5OS. The number of carbonyl (C=O) groups excluding carboxylic acids is 1. The summed E-state index contributed by atoms with van der Waals surface area (Å²) >= 11 is 1.58. The van der Waals surface area contributed by atoms with Crippen LogP contribution in [0, 0.1) is 24.2 Å². The highest BCUT2D eigenvalue weighted by atomic mass is 32.1. The van der Waals surface area contributed by atoms with Gasteiger partial charge in [-0.25, -0.2) is 0 Å². The van der Waals surface area contributed by atoms with Gasteiger partial charge in [0.15, 0.2) is 0 Å². The Labute approximate surface area is 164 Å². The summed E-state index contributed by atoms with van der Waals surface area (Å²) in [6.07, 6.45) is 6.12. The maximum Gasteiger partial charge on any atom is 0.239 e. The monoisotopic (exact) mass is 385 g/mol. The summed E-state index contributed by atoms with van der Waals surface area (Å²) in [4.78, 5) is 15.8. The fraction of sp³-hybridized carbons (Fsp3) is 0.550. The minimum atomic E-state index is -0.0822. The highest BCUT2D eigenvalue weighted by Crippen LogP contribution is 2.39. The SMILES string of the molecule is CCC1CCc2c(sc(NC(=O)CN(C)Cc3cnn(C)c3C)c2C#N)C1. The molecule has 2 aromatic rings. The Morgan fingerprint density at radius 3 is 2.96 bits per heavy atom. The summed E-state index contributed by atoms with van der Waals surface area (Å²) in [6.45, 7) is 5.18. The standard InChI is InChI=1S/C20H27N5OS/c1-5-14-6-7-16-17(9-21)20(27-18(16)8-14)23-19(26)12-24(3)11-15-10-22-25(4)13(15)2/h10,14H,5-8,11-12H2,1-4H3,(H,23,26). The molecule has 7 heteroatoms. The van der Waals surface area contributed by atoms with Crippen molar-refractivity contribution in [2.45, 2.75) is 46.1 Å². The number of amides is 1. The summed E-state index contributed by atoms with van der Waals surface area (Å²) in [5, 5.41) is 17.5. The first kappa shape index (κ1) is 19.6. The number of anilines is 1. The van der Waals surface area contributed by atoms with Gasteiger partial charge in [0.2, 0.25) is 5.91 Å². The minimum Gasteiger partial charge on any atom is -0.315 e. The topological polar surface area (TPSA) is 74.0 Å². The van der Waals surface area contributed by atoms with Gasteiger partial charge >= 0.3 is 0 Å². The van der Waals surface area contributed by atoms with Gasteiger partial charge in [-0.15, -0.1) is 11.3 Å². The number of hydrogen-bond acceptors (Lipinski definition) is 5. The van der Waals surface area contributed by atoms with Gasteiger partial charge in [-0.3, -0.25) is 14.4 Å². The summed E-state index contributed by atoms with van der Waals surface area (Å²) < 4.78 is 1.84. The van der Waals surface area contributed by atoms with E-state index < -0.39 is 0 Å². The lowest BCUT2D eigenvalue weighted by atomic mass is 9.86. The number of hydrogen-bond donors (Lipinski definition) is 1. The van der Waals surface area contributed by atoms with Crippen LogP contribution in [0.4, 0.5) is 5.00 Å². The van der Waals surface area contributed by atoms with Gasteiger partial charge in [0.1, 0.15) is 11.1 Å². The molecule has 0 fully saturated rings. The molecule has 1 aliphatic carbocycles. The number of rotatable bonds is 6. The van der Waals surface area contributed by atoms with Crippen LogP contribution in [0.3, 0.4) is 0 Å². The third kappa shape index (κ3) is 4.23. The van der Waals surface area contributed by atoms with E-state index in [1.807, 2.05) is 36.8 Å². The molecule has 1 aliphatic rings. The van der Waals surface area contributed by atoms with Crippen LogP contribution in [0.15, 0.2) is 6.20 Å². The lowest BCUT2D eigenvalue weighted by molar-refractivity contribution is -0.117. The molecule has 3 rings (SSSR count). The van der Waals surface area contributed by atoms with Crippen LogP contribution >= 0.6 is 11.3 Å². The van der Waals surface area contributed by atoms with Gasteiger partial charge in [0.25, 0.3) is 0 Å². The van der Waals surface area contributed by atoms with Crippen molar-refractivity contribution in [2.75, 3.05) is 18.9 Å². The van der Waals surface area contributed by atoms with Crippen LogP contribution in [-0.2, 0) is 31.2 Å². The van der Waals surface area contributed by atoms with Crippen molar-refractivity contribution < 1.29 is 4.79 Å². The number of likely N-dealkylation sites (N-methyl/N-ethyl adjacent to an activating group) is 1. The van der Waals surface area contributed by atoms with Crippen molar-refractivity contribution in [2.24, 2.45) is 13.0 Å². The Hall–Kier alpha value is -2.17. The zero-order chi connectivity index (χ0) is 19.6. The maximum atomic E-state index is 12.5. The second kappa shape index (κ2) is 8.24. The van der Waals surface area contributed by atoms with Crippen molar-refractivity contribution in [3.05, 3.63) is 33.5 Å². The van der Waals surface area contributed by atoms with E-state index in [2.05, 4.69) is 23.4 Å². The number of nitrogens with zero attached hydrogens (tertiary/aromatic N) is 4. The average Bonchev–Trinajstić information content (AvgIpc) is 3.14. The largest absolute Gasteiger partial charge is 0.315 e. The number of aromatic nitrogens is 2. The van der Waals surface area contributed by atoms with E-state index in [-0.39, 0.29) is 12.5 Å². The van der Waals surface area contributed by atoms with Crippen LogP contribution in [-0.4, -0.2) is 34.2 Å². The average molecular weight is 386 g/mol.